The van der Waals surface area contributed by atoms with Gasteiger partial charge in [-0.3, -0.25) is 4.79 Å². The van der Waals surface area contributed by atoms with Crippen molar-refractivity contribution in [3.63, 3.8) is 0 Å². The second kappa shape index (κ2) is 3.96. The standard InChI is InChI=1S/C13H16N2O3/c14-9(12(16)17)5-13-7-18-6-11(13)15-10-4-2-1-3-8(10)13/h1-4,9,11,15H,5-7,14H2,(H,16,17)/t9-,11-,13+/m0/s1. The van der Waals surface area contributed by atoms with Crippen molar-refractivity contribution in [2.45, 2.75) is 23.9 Å². The summed E-state index contributed by atoms with van der Waals surface area (Å²) >= 11 is 0. The fourth-order valence-corrected chi connectivity index (χ4v) is 3.09. The molecule has 0 bridgehead atoms. The number of nitrogens with two attached hydrogens (primary N) is 1. The van der Waals surface area contributed by atoms with E-state index in [9.17, 15) is 4.79 Å². The minimum Gasteiger partial charge on any atom is -0.480 e. The number of hydrogen-bond donors (Lipinski definition) is 3. The number of carbonyl (C=O) groups is 1. The third-order valence-corrected chi connectivity index (χ3v) is 4.01. The lowest BCUT2D eigenvalue weighted by Crippen LogP contribution is -2.45. The van der Waals surface area contributed by atoms with Crippen LogP contribution in [0, 0.1) is 0 Å². The van der Waals surface area contributed by atoms with Crippen LogP contribution in [0.5, 0.6) is 0 Å². The van der Waals surface area contributed by atoms with Crippen LogP contribution in [0.15, 0.2) is 24.3 Å². The summed E-state index contributed by atoms with van der Waals surface area (Å²) in [5, 5.41) is 12.4. The zero-order chi connectivity index (χ0) is 12.8. The Hall–Kier alpha value is -1.59. The number of anilines is 1. The minimum absolute atomic E-state index is 0.125. The number of nitrogens with one attached hydrogen (secondary N) is 1. The molecule has 18 heavy (non-hydrogen) atoms. The van der Waals surface area contributed by atoms with Crippen molar-refractivity contribution in [2.24, 2.45) is 5.73 Å². The van der Waals surface area contributed by atoms with Crippen molar-refractivity contribution in [3.05, 3.63) is 29.8 Å². The highest BCUT2D eigenvalue weighted by Crippen LogP contribution is 2.47. The lowest BCUT2D eigenvalue weighted by Gasteiger charge is -2.29. The Morgan fingerprint density at radius 1 is 1.61 bits per heavy atom. The van der Waals surface area contributed by atoms with Gasteiger partial charge in [0.05, 0.1) is 19.3 Å². The van der Waals surface area contributed by atoms with Crippen molar-refractivity contribution in [1.29, 1.82) is 0 Å². The molecular weight excluding hydrogens is 232 g/mol. The molecule has 2 heterocycles. The van der Waals surface area contributed by atoms with Gasteiger partial charge in [0.2, 0.25) is 0 Å². The molecule has 0 aliphatic carbocycles. The Balaban J connectivity index is 1.99. The molecule has 1 aromatic rings. The first kappa shape index (κ1) is 11.5. The molecule has 0 amide bonds. The molecule has 0 saturated carbocycles. The van der Waals surface area contributed by atoms with Gasteiger partial charge in [-0.25, -0.2) is 0 Å². The average molecular weight is 248 g/mol. The van der Waals surface area contributed by atoms with E-state index in [0.717, 1.165) is 11.3 Å². The van der Waals surface area contributed by atoms with Crippen LogP contribution in [0.25, 0.3) is 0 Å². The topological polar surface area (TPSA) is 84.6 Å². The molecule has 5 nitrogen and oxygen atoms in total. The molecule has 5 heteroatoms. The summed E-state index contributed by atoms with van der Waals surface area (Å²) in [6, 6.07) is 7.25. The maximum Gasteiger partial charge on any atom is 0.320 e. The number of rotatable bonds is 3. The normalized spacial score (nSPS) is 30.4. The summed E-state index contributed by atoms with van der Waals surface area (Å²) in [6.45, 7) is 1.13. The number of benzene rings is 1. The van der Waals surface area contributed by atoms with E-state index in [4.69, 9.17) is 15.6 Å². The fraction of sp³-hybridized carbons (Fsp3) is 0.462. The second-order valence-corrected chi connectivity index (χ2v) is 5.06. The number of para-hydroxylation sites is 1. The van der Waals surface area contributed by atoms with Gasteiger partial charge in [-0.15, -0.1) is 0 Å². The molecule has 2 aliphatic rings. The first-order valence-electron chi connectivity index (χ1n) is 6.06. The van der Waals surface area contributed by atoms with Gasteiger partial charge in [0.15, 0.2) is 0 Å². The molecule has 3 atom stereocenters. The van der Waals surface area contributed by atoms with Gasteiger partial charge in [-0.1, -0.05) is 18.2 Å². The summed E-state index contributed by atoms with van der Waals surface area (Å²) in [5.41, 5.74) is 7.63. The molecule has 0 radical (unpaired) electrons. The summed E-state index contributed by atoms with van der Waals surface area (Å²) in [4.78, 5) is 11.0. The summed E-state index contributed by atoms with van der Waals surface area (Å²) in [6.07, 6.45) is 0.400. The summed E-state index contributed by atoms with van der Waals surface area (Å²) < 4.78 is 5.54. The van der Waals surface area contributed by atoms with Crippen LogP contribution in [0.4, 0.5) is 5.69 Å². The molecule has 0 unspecified atom stereocenters. The molecule has 1 aromatic carbocycles. The van der Waals surface area contributed by atoms with Crippen molar-refractivity contribution in [3.8, 4) is 0 Å². The van der Waals surface area contributed by atoms with E-state index in [1.807, 2.05) is 24.3 Å². The molecule has 3 rings (SSSR count). The molecule has 0 spiro atoms. The number of hydrogen-bond acceptors (Lipinski definition) is 4. The average Bonchev–Trinajstić information content (AvgIpc) is 2.84. The molecular formula is C13H16N2O3. The number of aliphatic carboxylic acids is 1. The zero-order valence-corrected chi connectivity index (χ0v) is 9.93. The molecule has 1 saturated heterocycles. The summed E-state index contributed by atoms with van der Waals surface area (Å²) in [7, 11) is 0. The van der Waals surface area contributed by atoms with Gasteiger partial charge in [0, 0.05) is 11.1 Å². The van der Waals surface area contributed by atoms with E-state index < -0.39 is 12.0 Å². The second-order valence-electron chi connectivity index (χ2n) is 5.06. The van der Waals surface area contributed by atoms with Gasteiger partial charge in [-0.05, 0) is 18.1 Å². The third kappa shape index (κ3) is 1.51. The van der Waals surface area contributed by atoms with E-state index in [0.29, 0.717) is 19.6 Å². The van der Waals surface area contributed by atoms with E-state index in [2.05, 4.69) is 5.32 Å². The van der Waals surface area contributed by atoms with Gasteiger partial charge in [0.25, 0.3) is 0 Å². The van der Waals surface area contributed by atoms with E-state index >= 15 is 0 Å². The van der Waals surface area contributed by atoms with Gasteiger partial charge in [0.1, 0.15) is 6.04 Å². The van der Waals surface area contributed by atoms with Gasteiger partial charge >= 0.3 is 5.97 Å². The minimum atomic E-state index is -0.959. The van der Waals surface area contributed by atoms with E-state index in [-0.39, 0.29) is 11.5 Å². The quantitative estimate of drug-likeness (QED) is 0.727. The predicted octanol–water partition coefficient (Wildman–Crippen LogP) is 0.551. The zero-order valence-electron chi connectivity index (χ0n) is 9.93. The largest absolute Gasteiger partial charge is 0.480 e. The lowest BCUT2D eigenvalue weighted by molar-refractivity contribution is -0.139. The van der Waals surface area contributed by atoms with Crippen LogP contribution >= 0.6 is 0 Å². The smallest absolute Gasteiger partial charge is 0.320 e. The van der Waals surface area contributed by atoms with Crippen LogP contribution in [0.1, 0.15) is 12.0 Å². The van der Waals surface area contributed by atoms with Gasteiger partial charge < -0.3 is 20.9 Å². The molecule has 96 valence electrons. The molecule has 4 N–H and O–H groups in total. The van der Waals surface area contributed by atoms with E-state index in [1.54, 1.807) is 0 Å². The maximum absolute atomic E-state index is 11.0. The van der Waals surface area contributed by atoms with Crippen molar-refractivity contribution in [2.75, 3.05) is 18.5 Å². The Bertz CT molecular complexity index is 491. The van der Waals surface area contributed by atoms with Crippen LogP contribution in [-0.4, -0.2) is 36.4 Å². The Morgan fingerprint density at radius 2 is 2.39 bits per heavy atom. The SMILES string of the molecule is N[C@@H](C[C@]12COC[C@@H]1Nc1ccccc12)C(=O)O. The molecule has 2 aliphatic heterocycles. The first-order chi connectivity index (χ1) is 8.63. The van der Waals surface area contributed by atoms with Crippen LogP contribution in [0.3, 0.4) is 0 Å². The fourth-order valence-electron chi connectivity index (χ4n) is 3.09. The Morgan fingerprint density at radius 3 is 3.17 bits per heavy atom. The monoisotopic (exact) mass is 248 g/mol. The molecule has 1 fully saturated rings. The Kier molecular flexibility index (Phi) is 2.53. The number of carboxylic acid groups (broad SMARTS) is 1. The lowest BCUT2D eigenvalue weighted by atomic mass is 9.74. The first-order valence-corrected chi connectivity index (χ1v) is 6.06. The van der Waals surface area contributed by atoms with Crippen molar-refractivity contribution >= 4 is 11.7 Å². The number of fused-ring (bicyclic) bond motifs is 3. The highest BCUT2D eigenvalue weighted by atomic mass is 16.5. The van der Waals surface area contributed by atoms with Crippen LogP contribution in [0.2, 0.25) is 0 Å². The Labute approximate surface area is 105 Å². The number of carboxylic acids is 1. The molecule has 0 aromatic heterocycles. The van der Waals surface area contributed by atoms with Crippen molar-refractivity contribution in [1.82, 2.24) is 0 Å². The maximum atomic E-state index is 11.0. The third-order valence-electron chi connectivity index (χ3n) is 4.01. The number of ether oxygens (including phenoxy) is 1. The predicted molar refractivity (Wildman–Crippen MR) is 66.6 cm³/mol. The summed E-state index contributed by atoms with van der Waals surface area (Å²) in [5.74, 6) is -0.959. The van der Waals surface area contributed by atoms with Crippen molar-refractivity contribution < 1.29 is 14.6 Å². The highest BCUT2D eigenvalue weighted by molar-refractivity contribution is 5.74. The van der Waals surface area contributed by atoms with E-state index in [1.165, 1.54) is 0 Å². The highest BCUT2D eigenvalue weighted by Gasteiger charge is 2.52. The van der Waals surface area contributed by atoms with Gasteiger partial charge in [-0.2, -0.15) is 0 Å². The van der Waals surface area contributed by atoms with Crippen LogP contribution < -0.4 is 11.1 Å². The van der Waals surface area contributed by atoms with Crippen LogP contribution in [-0.2, 0) is 14.9 Å².